The van der Waals surface area contributed by atoms with Crippen LogP contribution in [-0.2, 0) is 30.4 Å². The molecule has 148 valence electrons. The second-order valence-corrected chi connectivity index (χ2v) is 9.22. The van der Waals surface area contributed by atoms with Crippen molar-refractivity contribution in [1.82, 2.24) is 9.66 Å². The van der Waals surface area contributed by atoms with Gasteiger partial charge in [-0.05, 0) is 36.4 Å². The van der Waals surface area contributed by atoms with Crippen molar-refractivity contribution >= 4 is 41.8 Å². The smallest absolute Gasteiger partial charge is 0.306 e. The Morgan fingerprint density at radius 2 is 1.00 bits per heavy atom. The van der Waals surface area contributed by atoms with Gasteiger partial charge in [-0.2, -0.15) is 16.8 Å². The van der Waals surface area contributed by atoms with E-state index < -0.39 is 30.4 Å². The molecule has 0 aliphatic carbocycles. The van der Waals surface area contributed by atoms with Crippen LogP contribution in [0.4, 0.5) is 11.4 Å². The highest BCUT2D eigenvalue weighted by molar-refractivity contribution is 7.91. The second-order valence-electron chi connectivity index (χ2n) is 4.96. The van der Waals surface area contributed by atoms with Gasteiger partial charge in [0.25, 0.3) is 0 Å². The molecule has 0 spiro atoms. The molecular formula is C12H14N4O8S3. The lowest BCUT2D eigenvalue weighted by Gasteiger charge is -2.10. The number of sulfone groups is 1. The summed E-state index contributed by atoms with van der Waals surface area (Å²) in [7, 11) is -13.1. The van der Waals surface area contributed by atoms with Gasteiger partial charge in [0.2, 0.25) is 9.84 Å². The number of hydrogen-bond acceptors (Lipinski definition) is 8. The lowest BCUT2D eigenvalue weighted by molar-refractivity contribution is 0.471. The quantitative estimate of drug-likeness (QED) is 0.241. The van der Waals surface area contributed by atoms with E-state index in [1.807, 2.05) is 0 Å². The fraction of sp³-hybridized carbons (Fsp3) is 0. The molecule has 0 atom stereocenters. The highest BCUT2D eigenvalue weighted by Crippen LogP contribution is 2.25. The molecule has 0 fully saturated rings. The lowest BCUT2D eigenvalue weighted by Crippen LogP contribution is -2.28. The van der Waals surface area contributed by atoms with Crippen molar-refractivity contribution in [3.63, 3.8) is 0 Å². The van der Waals surface area contributed by atoms with Gasteiger partial charge in [0.1, 0.15) is 0 Å². The summed E-state index contributed by atoms with van der Waals surface area (Å²) >= 11 is 0. The lowest BCUT2D eigenvalue weighted by atomic mass is 10.3. The Morgan fingerprint density at radius 1 is 0.630 bits per heavy atom. The van der Waals surface area contributed by atoms with Crippen molar-refractivity contribution in [3.05, 3.63) is 48.5 Å². The van der Waals surface area contributed by atoms with Crippen LogP contribution in [-0.4, -0.2) is 34.4 Å². The summed E-state index contributed by atoms with van der Waals surface area (Å²) in [4.78, 5) is 2.75. The van der Waals surface area contributed by atoms with Crippen LogP contribution >= 0.6 is 0 Å². The average molecular weight is 438 g/mol. The molecule has 15 heteroatoms. The topological polar surface area (TPSA) is 191 Å². The van der Waals surface area contributed by atoms with Gasteiger partial charge in [-0.1, -0.05) is 12.1 Å². The van der Waals surface area contributed by atoms with E-state index in [2.05, 4.69) is 10.9 Å². The van der Waals surface area contributed by atoms with Crippen LogP contribution in [0.2, 0.25) is 0 Å². The zero-order valence-electron chi connectivity index (χ0n) is 13.2. The Balaban J connectivity index is 2.30. The maximum absolute atomic E-state index is 12.7. The Bertz CT molecular complexity index is 1060. The minimum atomic E-state index is -4.54. The first kappa shape index (κ1) is 21.0. The van der Waals surface area contributed by atoms with Crippen LogP contribution in [0.5, 0.6) is 0 Å². The number of nitrogens with one attached hydrogen (secondary N) is 4. The molecule has 27 heavy (non-hydrogen) atoms. The molecule has 0 aliphatic heterocycles. The van der Waals surface area contributed by atoms with E-state index in [-0.39, 0.29) is 21.2 Å². The van der Waals surface area contributed by atoms with Crippen LogP contribution in [0, 0.1) is 0 Å². The minimum absolute atomic E-state index is 0.0380. The van der Waals surface area contributed by atoms with Crippen molar-refractivity contribution in [2.24, 2.45) is 0 Å². The first-order valence-corrected chi connectivity index (χ1v) is 11.2. The van der Waals surface area contributed by atoms with Crippen molar-refractivity contribution in [1.29, 1.82) is 0 Å². The van der Waals surface area contributed by atoms with Crippen LogP contribution in [0.1, 0.15) is 0 Å². The van der Waals surface area contributed by atoms with E-state index in [0.29, 0.717) is 0 Å². The number of anilines is 2. The molecule has 0 radical (unpaired) electrons. The molecule has 0 heterocycles. The third-order valence-electron chi connectivity index (χ3n) is 2.94. The summed E-state index contributed by atoms with van der Waals surface area (Å²) in [6.07, 6.45) is 0. The number of hydrogen-bond donors (Lipinski definition) is 6. The standard InChI is InChI=1S/C12H14N4O8S3/c17-25(18,11-5-1-3-9(7-11)13-15-26(19,20)21)12-6-2-4-10(8-12)14-16-27(22,23)24/h1-8,13-16H,(H,19,20,21)(H,22,23,24). The Kier molecular flexibility index (Phi) is 6.05. The summed E-state index contributed by atoms with van der Waals surface area (Å²) < 4.78 is 85.4. The monoisotopic (exact) mass is 438 g/mol. The summed E-state index contributed by atoms with van der Waals surface area (Å²) in [5.74, 6) is 0. The second kappa shape index (κ2) is 7.77. The first-order valence-electron chi connectivity index (χ1n) is 6.82. The molecule has 2 rings (SSSR count). The van der Waals surface area contributed by atoms with Gasteiger partial charge in [0.05, 0.1) is 21.2 Å². The largest absolute Gasteiger partial charge is 0.350 e. The molecule has 0 amide bonds. The van der Waals surface area contributed by atoms with E-state index in [9.17, 15) is 25.3 Å². The van der Waals surface area contributed by atoms with Gasteiger partial charge in [-0.25, -0.2) is 8.42 Å². The van der Waals surface area contributed by atoms with Gasteiger partial charge in [0, 0.05) is 0 Å². The molecule has 0 saturated carbocycles. The van der Waals surface area contributed by atoms with Gasteiger partial charge in [-0.15, -0.1) is 9.66 Å². The van der Waals surface area contributed by atoms with Crippen LogP contribution in [0.25, 0.3) is 0 Å². The summed E-state index contributed by atoms with van der Waals surface area (Å²) in [6.45, 7) is 0. The Hall–Kier alpha value is -2.27. The minimum Gasteiger partial charge on any atom is -0.306 e. The number of rotatable bonds is 8. The highest BCUT2D eigenvalue weighted by atomic mass is 32.2. The van der Waals surface area contributed by atoms with Gasteiger partial charge in [-0.3, -0.25) is 9.11 Å². The molecule has 0 aliphatic rings. The summed E-state index contributed by atoms with van der Waals surface area (Å²) in [5, 5.41) is 0. The zero-order chi connectivity index (χ0) is 20.3. The molecule has 0 aromatic heterocycles. The van der Waals surface area contributed by atoms with Crippen molar-refractivity contribution < 1.29 is 34.4 Å². The fourth-order valence-corrected chi connectivity index (χ4v) is 3.71. The van der Waals surface area contributed by atoms with E-state index in [0.717, 1.165) is 12.1 Å². The highest BCUT2D eigenvalue weighted by Gasteiger charge is 2.19. The van der Waals surface area contributed by atoms with Crippen LogP contribution in [0.15, 0.2) is 58.3 Å². The van der Waals surface area contributed by atoms with E-state index in [1.165, 1.54) is 36.4 Å². The average Bonchev–Trinajstić information content (AvgIpc) is 2.57. The molecule has 2 aromatic rings. The third kappa shape index (κ3) is 6.43. The van der Waals surface area contributed by atoms with Crippen molar-refractivity contribution in [2.75, 3.05) is 10.9 Å². The van der Waals surface area contributed by atoms with Gasteiger partial charge >= 0.3 is 20.6 Å². The first-order chi connectivity index (χ1) is 12.4. The van der Waals surface area contributed by atoms with Gasteiger partial charge < -0.3 is 10.9 Å². The molecule has 12 nitrogen and oxygen atoms in total. The Labute approximate surface area is 155 Å². The summed E-state index contributed by atoms with van der Waals surface area (Å²) in [6, 6.07) is 10.1. The third-order valence-corrected chi connectivity index (χ3v) is 5.41. The molecule has 2 aromatic carbocycles. The van der Waals surface area contributed by atoms with Crippen LogP contribution in [0.3, 0.4) is 0 Å². The van der Waals surface area contributed by atoms with Crippen molar-refractivity contribution in [3.8, 4) is 0 Å². The van der Waals surface area contributed by atoms with Crippen molar-refractivity contribution in [2.45, 2.75) is 9.79 Å². The predicted octanol–water partition coefficient (Wildman–Crippen LogP) is -0.0420. The molecule has 0 unspecified atom stereocenters. The zero-order valence-corrected chi connectivity index (χ0v) is 15.6. The fourth-order valence-electron chi connectivity index (χ4n) is 1.86. The molecule has 0 bridgehead atoms. The molecular weight excluding hydrogens is 424 g/mol. The predicted molar refractivity (Wildman–Crippen MR) is 94.9 cm³/mol. The molecule has 6 N–H and O–H groups in total. The number of benzene rings is 2. The van der Waals surface area contributed by atoms with E-state index in [1.54, 1.807) is 9.66 Å². The SMILES string of the molecule is O=S(=O)(O)NNc1cccc(S(=O)(=O)c2cccc(NNS(=O)(=O)O)c2)c1. The van der Waals surface area contributed by atoms with Crippen LogP contribution < -0.4 is 20.5 Å². The maximum Gasteiger partial charge on any atom is 0.350 e. The molecule has 0 saturated heterocycles. The normalized spacial score (nSPS) is 12.5. The van der Waals surface area contributed by atoms with Gasteiger partial charge in [0.15, 0.2) is 0 Å². The Morgan fingerprint density at radius 3 is 1.33 bits per heavy atom. The van der Waals surface area contributed by atoms with E-state index >= 15 is 0 Å². The maximum atomic E-state index is 12.7. The van der Waals surface area contributed by atoms with E-state index in [4.69, 9.17) is 9.11 Å². The number of hydrazine groups is 2. The summed E-state index contributed by atoms with van der Waals surface area (Å²) in [5.41, 5.74) is 4.33.